The van der Waals surface area contributed by atoms with Crippen LogP contribution in [0.4, 0.5) is 17.6 Å². The van der Waals surface area contributed by atoms with Gasteiger partial charge < -0.3 is 5.32 Å². The van der Waals surface area contributed by atoms with E-state index in [0.29, 0.717) is 11.5 Å². The number of alkyl halides is 3. The van der Waals surface area contributed by atoms with Gasteiger partial charge in [-0.25, -0.2) is 4.39 Å². The monoisotopic (exact) mass is 321 g/mol. The molecule has 1 unspecified atom stereocenters. The first-order valence-corrected chi connectivity index (χ1v) is 8.19. The van der Waals surface area contributed by atoms with Crippen LogP contribution in [-0.2, 0) is 6.18 Å². The van der Waals surface area contributed by atoms with Crippen molar-refractivity contribution in [2.75, 3.05) is 18.6 Å². The summed E-state index contributed by atoms with van der Waals surface area (Å²) in [7, 11) is 1.76. The molecule has 0 saturated carbocycles. The lowest BCUT2D eigenvalue weighted by atomic mass is 9.90. The molecule has 1 saturated heterocycles. The SMILES string of the molecule is CNC(CC1CCSCC1)c1ccc(C(F)(F)F)c(F)c1. The smallest absolute Gasteiger partial charge is 0.313 e. The first kappa shape index (κ1) is 16.6. The lowest BCUT2D eigenvalue weighted by Crippen LogP contribution is -2.22. The highest BCUT2D eigenvalue weighted by molar-refractivity contribution is 7.99. The van der Waals surface area contributed by atoms with Crippen molar-refractivity contribution < 1.29 is 17.6 Å². The van der Waals surface area contributed by atoms with Crippen LogP contribution in [-0.4, -0.2) is 18.6 Å². The van der Waals surface area contributed by atoms with Gasteiger partial charge in [0.05, 0.1) is 5.56 Å². The van der Waals surface area contributed by atoms with Crippen LogP contribution in [0, 0.1) is 11.7 Å². The topological polar surface area (TPSA) is 12.0 Å². The third kappa shape index (κ3) is 4.36. The summed E-state index contributed by atoms with van der Waals surface area (Å²) in [5, 5.41) is 3.10. The molecular weight excluding hydrogens is 302 g/mol. The second kappa shape index (κ2) is 7.01. The van der Waals surface area contributed by atoms with E-state index in [1.165, 1.54) is 6.07 Å². The van der Waals surface area contributed by atoms with Gasteiger partial charge in [-0.1, -0.05) is 6.07 Å². The fourth-order valence-electron chi connectivity index (χ4n) is 2.71. The number of hydrogen-bond donors (Lipinski definition) is 1. The van der Waals surface area contributed by atoms with Gasteiger partial charge in [-0.2, -0.15) is 24.9 Å². The van der Waals surface area contributed by atoms with Crippen molar-refractivity contribution >= 4 is 11.8 Å². The zero-order valence-corrected chi connectivity index (χ0v) is 12.7. The average Bonchev–Trinajstić information content (AvgIpc) is 2.44. The first-order chi connectivity index (χ1) is 9.91. The van der Waals surface area contributed by atoms with Gasteiger partial charge in [0.15, 0.2) is 0 Å². The molecule has 2 rings (SSSR count). The molecular formula is C15H19F4NS. The normalized spacial score (nSPS) is 18.7. The summed E-state index contributed by atoms with van der Waals surface area (Å²) in [6, 6.07) is 3.13. The predicted molar refractivity (Wildman–Crippen MR) is 77.9 cm³/mol. The van der Waals surface area contributed by atoms with E-state index in [4.69, 9.17) is 0 Å². The molecule has 0 radical (unpaired) electrons. The Kier molecular flexibility index (Phi) is 5.54. The quantitative estimate of drug-likeness (QED) is 0.811. The highest BCUT2D eigenvalue weighted by atomic mass is 32.2. The summed E-state index contributed by atoms with van der Waals surface area (Å²) >= 11 is 1.93. The molecule has 21 heavy (non-hydrogen) atoms. The second-order valence-corrected chi connectivity index (χ2v) is 6.59. The molecule has 0 amide bonds. The van der Waals surface area contributed by atoms with Gasteiger partial charge in [0.25, 0.3) is 0 Å². The predicted octanol–water partition coefficient (Wildman–Crippen LogP) is 4.64. The number of thioether (sulfide) groups is 1. The maximum absolute atomic E-state index is 13.7. The van der Waals surface area contributed by atoms with E-state index < -0.39 is 17.6 Å². The number of benzene rings is 1. The van der Waals surface area contributed by atoms with Crippen LogP contribution >= 0.6 is 11.8 Å². The van der Waals surface area contributed by atoms with Gasteiger partial charge in [0.2, 0.25) is 0 Å². The zero-order valence-electron chi connectivity index (χ0n) is 11.8. The Morgan fingerprint density at radius 3 is 2.48 bits per heavy atom. The van der Waals surface area contributed by atoms with Crippen molar-refractivity contribution in [3.8, 4) is 0 Å². The van der Waals surface area contributed by atoms with Crippen LogP contribution in [0.2, 0.25) is 0 Å². The number of rotatable bonds is 4. The van der Waals surface area contributed by atoms with Crippen LogP contribution in [0.1, 0.15) is 36.4 Å². The Labute approximate surface area is 126 Å². The summed E-state index contributed by atoms with van der Waals surface area (Å²) in [6.07, 6.45) is -1.57. The number of nitrogens with one attached hydrogen (secondary N) is 1. The van der Waals surface area contributed by atoms with Crippen molar-refractivity contribution in [1.82, 2.24) is 5.32 Å². The van der Waals surface area contributed by atoms with Crippen LogP contribution in [0.3, 0.4) is 0 Å². The van der Waals surface area contributed by atoms with E-state index in [1.54, 1.807) is 7.05 Å². The van der Waals surface area contributed by atoms with Crippen molar-refractivity contribution in [2.45, 2.75) is 31.5 Å². The minimum absolute atomic E-state index is 0.102. The molecule has 1 aliphatic heterocycles. The van der Waals surface area contributed by atoms with E-state index in [2.05, 4.69) is 5.32 Å². The molecule has 0 aliphatic carbocycles. The van der Waals surface area contributed by atoms with Crippen molar-refractivity contribution in [3.05, 3.63) is 35.1 Å². The summed E-state index contributed by atoms with van der Waals surface area (Å²) in [4.78, 5) is 0. The Morgan fingerprint density at radius 2 is 1.95 bits per heavy atom. The van der Waals surface area contributed by atoms with Gasteiger partial charge >= 0.3 is 6.18 Å². The van der Waals surface area contributed by atoms with Gasteiger partial charge in [-0.15, -0.1) is 0 Å². The fourth-order valence-corrected chi connectivity index (χ4v) is 3.92. The molecule has 0 aromatic heterocycles. The van der Waals surface area contributed by atoms with Gasteiger partial charge in [0, 0.05) is 6.04 Å². The first-order valence-electron chi connectivity index (χ1n) is 7.03. The molecule has 1 heterocycles. The van der Waals surface area contributed by atoms with E-state index in [0.717, 1.165) is 42.9 Å². The lowest BCUT2D eigenvalue weighted by Gasteiger charge is -2.26. The molecule has 1 fully saturated rings. The van der Waals surface area contributed by atoms with Crippen molar-refractivity contribution in [1.29, 1.82) is 0 Å². The highest BCUT2D eigenvalue weighted by Crippen LogP contribution is 2.34. The number of hydrogen-bond acceptors (Lipinski definition) is 2. The molecule has 1 aromatic carbocycles. The van der Waals surface area contributed by atoms with Gasteiger partial charge in [-0.05, 0) is 61.4 Å². The Hall–Kier alpha value is -0.750. The Bertz CT molecular complexity index is 469. The van der Waals surface area contributed by atoms with Crippen LogP contribution in [0.5, 0.6) is 0 Å². The van der Waals surface area contributed by atoms with E-state index in [-0.39, 0.29) is 6.04 Å². The molecule has 1 aliphatic rings. The third-order valence-electron chi connectivity index (χ3n) is 3.96. The minimum atomic E-state index is -4.64. The minimum Gasteiger partial charge on any atom is -0.313 e. The fraction of sp³-hybridized carbons (Fsp3) is 0.600. The molecule has 0 bridgehead atoms. The van der Waals surface area contributed by atoms with E-state index in [9.17, 15) is 17.6 Å². The number of halogens is 4. The highest BCUT2D eigenvalue weighted by Gasteiger charge is 2.34. The molecule has 1 atom stereocenters. The Morgan fingerprint density at radius 1 is 1.29 bits per heavy atom. The maximum Gasteiger partial charge on any atom is 0.419 e. The maximum atomic E-state index is 13.7. The van der Waals surface area contributed by atoms with Gasteiger partial charge in [0.1, 0.15) is 5.82 Å². The van der Waals surface area contributed by atoms with E-state index >= 15 is 0 Å². The van der Waals surface area contributed by atoms with Crippen LogP contribution in [0.25, 0.3) is 0 Å². The summed E-state index contributed by atoms with van der Waals surface area (Å²) in [6.45, 7) is 0. The molecule has 0 spiro atoms. The zero-order chi connectivity index (χ0) is 15.5. The largest absolute Gasteiger partial charge is 0.419 e. The van der Waals surface area contributed by atoms with E-state index in [1.807, 2.05) is 11.8 Å². The molecule has 1 nitrogen and oxygen atoms in total. The molecule has 1 N–H and O–H groups in total. The third-order valence-corrected chi connectivity index (χ3v) is 5.01. The second-order valence-electron chi connectivity index (χ2n) is 5.37. The molecule has 118 valence electrons. The van der Waals surface area contributed by atoms with Crippen molar-refractivity contribution in [2.24, 2.45) is 5.92 Å². The van der Waals surface area contributed by atoms with Gasteiger partial charge in [-0.3, -0.25) is 0 Å². The van der Waals surface area contributed by atoms with Crippen molar-refractivity contribution in [3.63, 3.8) is 0 Å². The van der Waals surface area contributed by atoms with Crippen LogP contribution in [0.15, 0.2) is 18.2 Å². The molecule has 1 aromatic rings. The standard InChI is InChI=1S/C15H19F4NS/c1-20-14(8-10-4-6-21-7-5-10)11-2-3-12(13(16)9-11)15(17,18)19/h2-3,9-10,14,20H,4-8H2,1H3. The Balaban J connectivity index is 2.12. The summed E-state index contributed by atoms with van der Waals surface area (Å²) in [5.41, 5.74) is -0.614. The summed E-state index contributed by atoms with van der Waals surface area (Å²) in [5.74, 6) is 1.61. The lowest BCUT2D eigenvalue weighted by molar-refractivity contribution is -0.140. The average molecular weight is 321 g/mol. The molecule has 6 heteroatoms. The van der Waals surface area contributed by atoms with Crippen LogP contribution < -0.4 is 5.32 Å². The summed E-state index contributed by atoms with van der Waals surface area (Å²) < 4.78 is 51.4.